The lowest BCUT2D eigenvalue weighted by atomic mass is 10.1. The Morgan fingerprint density at radius 1 is 1.47 bits per heavy atom. The lowest BCUT2D eigenvalue weighted by Gasteiger charge is -1.96. The zero-order chi connectivity index (χ0) is 11.1. The van der Waals surface area contributed by atoms with Crippen LogP contribution in [0.2, 0.25) is 0 Å². The molecule has 80 valence electrons. The van der Waals surface area contributed by atoms with Gasteiger partial charge in [0, 0.05) is 17.7 Å². The molecule has 6 heteroatoms. The first-order valence-corrected chi connectivity index (χ1v) is 6.15. The van der Waals surface area contributed by atoms with Crippen LogP contribution in [-0.2, 0) is 14.8 Å². The van der Waals surface area contributed by atoms with Gasteiger partial charge in [-0.05, 0) is 12.2 Å². The van der Waals surface area contributed by atoms with E-state index in [9.17, 15) is 13.2 Å². The quantitative estimate of drug-likeness (QED) is 0.716. The molecule has 1 aromatic rings. The maximum Gasteiger partial charge on any atom is 0.232 e. The summed E-state index contributed by atoms with van der Waals surface area (Å²) in [6, 6.07) is 1.49. The van der Waals surface area contributed by atoms with Crippen molar-refractivity contribution in [3.05, 3.63) is 16.7 Å². The fourth-order valence-corrected chi connectivity index (χ4v) is 1.82. The molecule has 15 heavy (non-hydrogen) atoms. The highest BCUT2D eigenvalue weighted by atomic mass is 32.2. The lowest BCUT2D eigenvalue weighted by Crippen LogP contribution is -2.24. The monoisotopic (exact) mass is 227 g/mol. The van der Waals surface area contributed by atoms with Crippen LogP contribution in [0.15, 0.2) is 10.5 Å². The van der Waals surface area contributed by atoms with Gasteiger partial charge in [-0.1, -0.05) is 0 Å². The summed E-state index contributed by atoms with van der Waals surface area (Å²) >= 11 is 0. The molecular formula is C9H9NO4S. The van der Waals surface area contributed by atoms with Crippen molar-refractivity contribution in [2.45, 2.75) is 6.42 Å². The largest absolute Gasteiger partial charge is 0.440 e. The van der Waals surface area contributed by atoms with Crippen molar-refractivity contribution in [3.63, 3.8) is 0 Å². The van der Waals surface area contributed by atoms with Gasteiger partial charge in [0.25, 0.3) is 0 Å². The maximum atomic E-state index is 11.1. The Hall–Kier alpha value is -1.56. The lowest BCUT2D eigenvalue weighted by molar-refractivity contribution is -0.112. The van der Waals surface area contributed by atoms with E-state index in [2.05, 4.69) is 4.72 Å². The van der Waals surface area contributed by atoms with Gasteiger partial charge in [-0.25, -0.2) is 8.42 Å². The molecule has 1 aliphatic carbocycles. The van der Waals surface area contributed by atoms with E-state index in [1.54, 1.807) is 6.08 Å². The molecule has 0 amide bonds. The van der Waals surface area contributed by atoms with E-state index in [4.69, 9.17) is 4.42 Å². The second-order valence-electron chi connectivity index (χ2n) is 3.32. The Labute approximate surface area is 86.1 Å². The van der Waals surface area contributed by atoms with Gasteiger partial charge in [-0.2, -0.15) is 0 Å². The number of hydrogen-bond donors (Lipinski definition) is 1. The predicted octanol–water partition coefficient (Wildman–Crippen LogP) is -0.815. The van der Waals surface area contributed by atoms with Crippen LogP contribution in [0, 0.1) is 0 Å². The third kappa shape index (κ3) is 2.27. The molecule has 2 rings (SSSR count). The molecule has 0 spiro atoms. The number of anilines is 1. The van der Waals surface area contributed by atoms with Crippen LogP contribution < -0.4 is 15.4 Å². The van der Waals surface area contributed by atoms with Gasteiger partial charge in [0.1, 0.15) is 5.42 Å². The summed E-state index contributed by atoms with van der Waals surface area (Å²) in [6.07, 6.45) is 4.39. The van der Waals surface area contributed by atoms with Gasteiger partial charge >= 0.3 is 0 Å². The Kier molecular flexibility index (Phi) is 2.15. The van der Waals surface area contributed by atoms with E-state index < -0.39 is 10.0 Å². The van der Waals surface area contributed by atoms with Crippen LogP contribution in [-0.4, -0.2) is 20.5 Å². The Bertz CT molecular complexity index is 624. The van der Waals surface area contributed by atoms with Crippen LogP contribution in [0.1, 0.15) is 6.42 Å². The number of Topliss-reactive ketones (excluding diaryl/α,β-unsaturated/α-hetero) is 1. The molecule has 0 atom stereocenters. The first-order chi connectivity index (χ1) is 6.94. The molecule has 0 saturated heterocycles. The third-order valence-electron chi connectivity index (χ3n) is 1.88. The molecule has 5 nitrogen and oxygen atoms in total. The predicted molar refractivity (Wildman–Crippen MR) is 55.0 cm³/mol. The van der Waals surface area contributed by atoms with Crippen LogP contribution in [0.3, 0.4) is 0 Å². The van der Waals surface area contributed by atoms with Crippen LogP contribution in [0.4, 0.5) is 5.88 Å². The minimum absolute atomic E-state index is 0.0193. The number of furan rings is 1. The third-order valence-corrected chi connectivity index (χ3v) is 2.45. The molecule has 0 bridgehead atoms. The highest BCUT2D eigenvalue weighted by Gasteiger charge is 2.09. The van der Waals surface area contributed by atoms with Gasteiger partial charge in [0.05, 0.1) is 6.26 Å². The summed E-state index contributed by atoms with van der Waals surface area (Å²) in [6.45, 7) is 0. The van der Waals surface area contributed by atoms with Crippen molar-refractivity contribution < 1.29 is 17.6 Å². The number of fused-ring (bicyclic) bond motifs is 1. The number of carbonyl (C=O) groups excluding carboxylic acids is 1. The van der Waals surface area contributed by atoms with E-state index in [0.29, 0.717) is 17.1 Å². The Morgan fingerprint density at radius 3 is 2.87 bits per heavy atom. The summed E-state index contributed by atoms with van der Waals surface area (Å²) in [5.41, 5.74) is 0.528. The molecule has 0 unspecified atom stereocenters. The van der Waals surface area contributed by atoms with Gasteiger partial charge in [0.15, 0.2) is 5.78 Å². The van der Waals surface area contributed by atoms with Crippen LogP contribution in [0.5, 0.6) is 0 Å². The fourth-order valence-electron chi connectivity index (χ4n) is 1.35. The van der Waals surface area contributed by atoms with Crippen molar-refractivity contribution in [3.8, 4) is 0 Å². The van der Waals surface area contributed by atoms with Crippen molar-refractivity contribution in [1.82, 2.24) is 0 Å². The van der Waals surface area contributed by atoms with Gasteiger partial charge in [0.2, 0.25) is 15.9 Å². The average molecular weight is 227 g/mol. The molecule has 0 fully saturated rings. The molecular weight excluding hydrogens is 218 g/mol. The fraction of sp³-hybridized carbons (Fsp3) is 0.222. The molecule has 0 aliphatic heterocycles. The van der Waals surface area contributed by atoms with Crippen molar-refractivity contribution in [2.24, 2.45) is 0 Å². The van der Waals surface area contributed by atoms with Gasteiger partial charge in [-0.3, -0.25) is 9.52 Å². The van der Waals surface area contributed by atoms with Crippen molar-refractivity contribution >= 4 is 33.8 Å². The normalized spacial score (nSPS) is 15.1. The SMILES string of the molecule is CS(=O)(=O)Nc1cc2c(o1)=CCC(=O)C=2. The summed E-state index contributed by atoms with van der Waals surface area (Å²) in [4.78, 5) is 11.1. The number of carbonyl (C=O) groups is 1. The molecule has 1 aliphatic rings. The van der Waals surface area contributed by atoms with E-state index in [1.807, 2.05) is 0 Å². The zero-order valence-electron chi connectivity index (χ0n) is 7.98. The van der Waals surface area contributed by atoms with Crippen LogP contribution >= 0.6 is 0 Å². The Morgan fingerprint density at radius 2 is 2.20 bits per heavy atom. The van der Waals surface area contributed by atoms with Crippen molar-refractivity contribution in [1.29, 1.82) is 0 Å². The Balaban J connectivity index is 2.49. The van der Waals surface area contributed by atoms with E-state index in [1.165, 1.54) is 12.1 Å². The number of rotatable bonds is 2. The molecule has 1 N–H and O–H groups in total. The van der Waals surface area contributed by atoms with Crippen LogP contribution in [0.25, 0.3) is 12.2 Å². The zero-order valence-corrected chi connectivity index (χ0v) is 8.80. The van der Waals surface area contributed by atoms with E-state index in [-0.39, 0.29) is 11.7 Å². The summed E-state index contributed by atoms with van der Waals surface area (Å²) in [5.74, 6) is 0.110. The van der Waals surface area contributed by atoms with Gasteiger partial charge < -0.3 is 4.42 Å². The molecule has 0 aromatic carbocycles. The minimum atomic E-state index is -3.35. The number of ketones is 1. The van der Waals surface area contributed by atoms with E-state index in [0.717, 1.165) is 6.26 Å². The number of hydrogen-bond acceptors (Lipinski definition) is 4. The highest BCUT2D eigenvalue weighted by molar-refractivity contribution is 7.92. The number of sulfonamides is 1. The van der Waals surface area contributed by atoms with Crippen molar-refractivity contribution in [2.75, 3.05) is 11.0 Å². The molecule has 1 heterocycles. The summed E-state index contributed by atoms with van der Waals surface area (Å²) < 4.78 is 29.2. The first kappa shape index (κ1) is 9.97. The minimum Gasteiger partial charge on any atom is -0.440 e. The number of nitrogens with one attached hydrogen (secondary N) is 1. The second-order valence-corrected chi connectivity index (χ2v) is 5.07. The first-order valence-electron chi connectivity index (χ1n) is 4.26. The standard InChI is InChI=1S/C9H9NO4S/c1-15(12,13)10-9-5-6-4-7(11)2-3-8(6)14-9/h3-5,10H,2H2,1H3. The molecule has 0 radical (unpaired) electrons. The summed E-state index contributed by atoms with van der Waals surface area (Å²) in [5, 5.41) is 0.609. The molecule has 0 saturated carbocycles. The second kappa shape index (κ2) is 3.23. The topological polar surface area (TPSA) is 76.4 Å². The van der Waals surface area contributed by atoms with E-state index >= 15 is 0 Å². The highest BCUT2D eigenvalue weighted by Crippen LogP contribution is 2.03. The summed E-state index contributed by atoms with van der Waals surface area (Å²) in [7, 11) is -3.35. The van der Waals surface area contributed by atoms with Gasteiger partial charge in [-0.15, -0.1) is 0 Å². The molecule has 1 aromatic heterocycles. The smallest absolute Gasteiger partial charge is 0.232 e. The maximum absolute atomic E-state index is 11.1. The average Bonchev–Trinajstić information content (AvgIpc) is 2.42.